The molecule has 0 N–H and O–H groups in total. The maximum absolute atomic E-state index is 5.70. The molecule has 0 atom stereocenters. The van der Waals surface area contributed by atoms with Crippen LogP contribution < -0.4 is 0 Å². The molecule has 10 heteroatoms. The molecule has 0 aromatic carbocycles. The van der Waals surface area contributed by atoms with Crippen molar-refractivity contribution in [3.63, 3.8) is 0 Å². The van der Waals surface area contributed by atoms with Crippen LogP contribution in [0.5, 0.6) is 0 Å². The van der Waals surface area contributed by atoms with E-state index in [9.17, 15) is 0 Å². The van der Waals surface area contributed by atoms with Crippen LogP contribution in [0.1, 0.15) is 34.6 Å². The second-order valence-electron chi connectivity index (χ2n) is 4.85. The van der Waals surface area contributed by atoms with Crippen LogP contribution in [0.2, 0.25) is 0 Å². The van der Waals surface area contributed by atoms with E-state index in [1.54, 1.807) is 0 Å². The number of rotatable bonds is 3. The van der Waals surface area contributed by atoms with Gasteiger partial charge in [-0.2, -0.15) is 0 Å². The third-order valence-corrected chi connectivity index (χ3v) is 5.13. The number of hydrogen-bond acceptors (Lipinski definition) is 4. The van der Waals surface area contributed by atoms with Gasteiger partial charge in [-0.05, 0) is 25.5 Å². The van der Waals surface area contributed by atoms with Crippen molar-refractivity contribution in [2.45, 2.75) is 31.0 Å². The third kappa shape index (κ3) is 5.84. The smallest absolute Gasteiger partial charge is 0.194 e. The van der Waals surface area contributed by atoms with Crippen molar-refractivity contribution in [2.24, 2.45) is 0 Å². The summed E-state index contributed by atoms with van der Waals surface area (Å²) < 4.78 is 4.28. The molecule has 0 radical (unpaired) electrons. The number of alkyl halides is 6. The van der Waals surface area contributed by atoms with Gasteiger partial charge in [0.1, 0.15) is 17.3 Å². The summed E-state index contributed by atoms with van der Waals surface area (Å²) in [5.74, 6) is 3.58. The zero-order chi connectivity index (χ0) is 17.4. The van der Waals surface area contributed by atoms with E-state index in [1.165, 1.54) is 0 Å². The summed E-state index contributed by atoms with van der Waals surface area (Å²) in [5.41, 5.74) is 1.15. The summed E-state index contributed by atoms with van der Waals surface area (Å²) in [5, 5.41) is 0. The Morgan fingerprint density at radius 2 is 1.39 bits per heavy atom. The quantitative estimate of drug-likeness (QED) is 0.345. The molecule has 0 aliphatic carbocycles. The predicted octanol–water partition coefficient (Wildman–Crippen LogP) is 6.46. The second kappa shape index (κ2) is 7.82. The number of furan rings is 1. The van der Waals surface area contributed by atoms with Crippen molar-refractivity contribution >= 4 is 95.6 Å². The first-order valence-corrected chi connectivity index (χ1v) is 11.2. The van der Waals surface area contributed by atoms with Crippen molar-refractivity contribution in [3.8, 4) is 0 Å². The normalized spacial score (nSPS) is 12.7. The first kappa shape index (κ1) is 20.5. The largest absolute Gasteiger partial charge is 0.466 e. The molecular formula is C13H11Br6N3O. The molecule has 0 fully saturated rings. The van der Waals surface area contributed by atoms with E-state index < -0.39 is 4.29 Å². The Kier molecular flexibility index (Phi) is 6.96. The lowest BCUT2D eigenvalue weighted by molar-refractivity contribution is 0.479. The summed E-state index contributed by atoms with van der Waals surface area (Å²) in [7, 11) is 0. The van der Waals surface area contributed by atoms with Crippen molar-refractivity contribution in [1.82, 2.24) is 15.0 Å². The van der Waals surface area contributed by atoms with Gasteiger partial charge in [0.2, 0.25) is 0 Å². The summed E-state index contributed by atoms with van der Waals surface area (Å²) in [6.45, 7) is 3.99. The van der Waals surface area contributed by atoms with E-state index in [-0.39, 0.29) is 0 Å². The lowest BCUT2D eigenvalue weighted by Gasteiger charge is -2.16. The van der Waals surface area contributed by atoms with E-state index in [4.69, 9.17) is 4.42 Å². The van der Waals surface area contributed by atoms with Crippen LogP contribution in [-0.2, 0) is 17.1 Å². The van der Waals surface area contributed by atoms with Crippen molar-refractivity contribution in [2.75, 3.05) is 0 Å². The van der Waals surface area contributed by atoms with Crippen LogP contribution in [0.4, 0.5) is 0 Å². The number of aromatic nitrogens is 3. The van der Waals surface area contributed by atoms with Gasteiger partial charge in [-0.3, -0.25) is 0 Å². The number of halogens is 6. The molecule has 2 aromatic rings. The molecule has 0 bridgehead atoms. The molecule has 0 spiro atoms. The SMILES string of the molecule is Cc1cc(CCc2nc(C(Br)(Br)Br)nc(C(Br)(Br)Br)n2)oc1C. The van der Waals surface area contributed by atoms with Gasteiger partial charge < -0.3 is 4.42 Å². The molecule has 2 aromatic heterocycles. The van der Waals surface area contributed by atoms with Gasteiger partial charge >= 0.3 is 0 Å². The van der Waals surface area contributed by atoms with E-state index in [2.05, 4.69) is 111 Å². The molecule has 126 valence electrons. The molecule has 4 nitrogen and oxygen atoms in total. The third-order valence-electron chi connectivity index (χ3n) is 3.00. The second-order valence-corrected chi connectivity index (χ2v) is 18.4. The molecule has 0 aliphatic rings. The minimum Gasteiger partial charge on any atom is -0.466 e. The van der Waals surface area contributed by atoms with Crippen LogP contribution in [0.15, 0.2) is 10.5 Å². The van der Waals surface area contributed by atoms with Crippen LogP contribution in [0, 0.1) is 13.8 Å². The average molecular weight is 705 g/mol. The predicted molar refractivity (Wildman–Crippen MR) is 112 cm³/mol. The maximum Gasteiger partial charge on any atom is 0.194 e. The highest BCUT2D eigenvalue weighted by atomic mass is 80.0. The van der Waals surface area contributed by atoms with E-state index in [0.29, 0.717) is 23.9 Å². The first-order chi connectivity index (χ1) is 10.5. The van der Waals surface area contributed by atoms with Gasteiger partial charge in [0, 0.05) is 12.8 Å². The van der Waals surface area contributed by atoms with Gasteiger partial charge in [-0.15, -0.1) is 0 Å². The Hall–Kier alpha value is 1.17. The number of nitrogens with zero attached hydrogens (tertiary/aromatic N) is 3. The standard InChI is InChI=1S/C13H11Br6N3O/c1-6-5-8(23-7(6)2)3-4-9-20-10(12(14,15)16)22-11(21-9)13(17,18)19/h5H,3-4H2,1-2H3. The van der Waals surface area contributed by atoms with Crippen LogP contribution in [0.25, 0.3) is 0 Å². The van der Waals surface area contributed by atoms with Crippen LogP contribution in [-0.4, -0.2) is 15.0 Å². The minimum atomic E-state index is -0.713. The van der Waals surface area contributed by atoms with Gasteiger partial charge in [0.25, 0.3) is 0 Å². The number of hydrogen-bond donors (Lipinski definition) is 0. The monoisotopic (exact) mass is 699 g/mol. The maximum atomic E-state index is 5.70. The van der Waals surface area contributed by atoms with Gasteiger partial charge in [-0.1, -0.05) is 95.6 Å². The summed E-state index contributed by atoms with van der Waals surface area (Å²) in [6, 6.07) is 2.05. The molecule has 2 heterocycles. The molecule has 23 heavy (non-hydrogen) atoms. The fourth-order valence-electron chi connectivity index (χ4n) is 1.79. The molecule has 2 rings (SSSR count). The summed E-state index contributed by atoms with van der Waals surface area (Å²) >= 11 is 20.7. The van der Waals surface area contributed by atoms with Crippen LogP contribution in [0.3, 0.4) is 0 Å². The highest BCUT2D eigenvalue weighted by Crippen LogP contribution is 2.46. The molecule has 0 saturated carbocycles. The number of aryl methyl sites for hydroxylation is 4. The zero-order valence-corrected chi connectivity index (χ0v) is 21.5. The molecule has 0 amide bonds. The highest BCUT2D eigenvalue weighted by Gasteiger charge is 2.31. The van der Waals surface area contributed by atoms with Crippen LogP contribution >= 0.6 is 95.6 Å². The van der Waals surface area contributed by atoms with Crippen molar-refractivity contribution in [3.05, 3.63) is 40.6 Å². The van der Waals surface area contributed by atoms with Gasteiger partial charge in [0.15, 0.2) is 15.9 Å². The lowest BCUT2D eigenvalue weighted by Crippen LogP contribution is -2.17. The Bertz CT molecular complexity index is 653. The molecule has 0 saturated heterocycles. The Morgan fingerprint density at radius 1 is 0.870 bits per heavy atom. The van der Waals surface area contributed by atoms with E-state index >= 15 is 0 Å². The topological polar surface area (TPSA) is 51.8 Å². The summed E-state index contributed by atoms with van der Waals surface area (Å²) in [4.78, 5) is 13.4. The lowest BCUT2D eigenvalue weighted by atomic mass is 10.2. The van der Waals surface area contributed by atoms with E-state index in [1.807, 2.05) is 19.9 Å². The Labute approximate surface area is 184 Å². The Morgan fingerprint density at radius 3 is 1.78 bits per heavy atom. The zero-order valence-electron chi connectivity index (χ0n) is 12.0. The average Bonchev–Trinajstić information content (AvgIpc) is 2.73. The molecular weight excluding hydrogens is 694 g/mol. The molecule has 0 aliphatic heterocycles. The minimum absolute atomic E-state index is 0.520. The molecule has 0 unspecified atom stereocenters. The fraction of sp³-hybridized carbons (Fsp3) is 0.462. The van der Waals surface area contributed by atoms with Crippen molar-refractivity contribution < 1.29 is 4.42 Å². The van der Waals surface area contributed by atoms with E-state index in [0.717, 1.165) is 23.5 Å². The summed E-state index contributed by atoms with van der Waals surface area (Å²) in [6.07, 6.45) is 1.36. The van der Waals surface area contributed by atoms with Gasteiger partial charge in [-0.25, -0.2) is 15.0 Å². The first-order valence-electron chi connectivity index (χ1n) is 6.42. The fourth-order valence-corrected chi connectivity index (χ4v) is 2.86. The van der Waals surface area contributed by atoms with Crippen molar-refractivity contribution in [1.29, 1.82) is 0 Å². The highest BCUT2D eigenvalue weighted by molar-refractivity contribution is 9.39. The van der Waals surface area contributed by atoms with Gasteiger partial charge in [0.05, 0.1) is 0 Å². The Balaban J connectivity index is 2.30.